The number of benzene rings is 2. The number of rotatable bonds is 10. The first-order chi connectivity index (χ1) is 16.2. The summed E-state index contributed by atoms with van der Waals surface area (Å²) >= 11 is 0. The van der Waals surface area contributed by atoms with Crippen LogP contribution < -0.4 is 0 Å². The third-order valence-corrected chi connectivity index (χ3v) is 5.95. The Kier molecular flexibility index (Phi) is 8.95. The van der Waals surface area contributed by atoms with Crippen molar-refractivity contribution in [2.45, 2.75) is 75.5 Å². The molecule has 0 amide bonds. The van der Waals surface area contributed by atoms with Gasteiger partial charge in [-0.2, -0.15) is 0 Å². The summed E-state index contributed by atoms with van der Waals surface area (Å²) in [6.07, 6.45) is -4.81. The molecule has 0 aliphatic carbocycles. The van der Waals surface area contributed by atoms with Crippen molar-refractivity contribution >= 4 is 0 Å². The van der Waals surface area contributed by atoms with Gasteiger partial charge in [-0.25, -0.2) is 0 Å². The van der Waals surface area contributed by atoms with E-state index in [1.54, 1.807) is 12.1 Å². The van der Waals surface area contributed by atoms with E-state index in [9.17, 15) is 40.9 Å². The molecule has 1 aliphatic heterocycles. The van der Waals surface area contributed by atoms with Gasteiger partial charge in [0, 0.05) is 0 Å². The molecule has 6 atom stereocenters. The normalized spacial score (nSPS) is 25.8. The number of ether oxygens (including phenoxy) is 2. The Morgan fingerprint density at radius 2 is 1.26 bits per heavy atom. The number of unbranched alkanes of at least 4 members (excludes halogenated alkanes) is 1. The van der Waals surface area contributed by atoms with Gasteiger partial charge < -0.3 is 50.3 Å². The van der Waals surface area contributed by atoms with E-state index in [0.717, 1.165) is 17.5 Å². The molecule has 2 aromatic carbocycles. The van der Waals surface area contributed by atoms with Crippen LogP contribution in [0.5, 0.6) is 23.0 Å². The molecule has 1 saturated heterocycles. The molecule has 1 fully saturated rings. The molecule has 3 rings (SSSR count). The Hall–Kier alpha value is -2.60. The van der Waals surface area contributed by atoms with E-state index in [4.69, 9.17) is 9.47 Å². The summed E-state index contributed by atoms with van der Waals surface area (Å²) in [5.41, 5.74) is 1.61. The van der Waals surface area contributed by atoms with Crippen LogP contribution in [-0.2, 0) is 22.3 Å². The number of aryl methyl sites for hydroxylation is 2. The summed E-state index contributed by atoms with van der Waals surface area (Å²) < 4.78 is 11.0. The van der Waals surface area contributed by atoms with E-state index in [2.05, 4.69) is 0 Å². The van der Waals surface area contributed by atoms with E-state index < -0.39 is 37.0 Å². The highest BCUT2D eigenvalue weighted by atomic mass is 16.7. The van der Waals surface area contributed by atoms with Crippen molar-refractivity contribution in [3.05, 3.63) is 47.5 Å². The van der Waals surface area contributed by atoms with E-state index in [0.29, 0.717) is 32.1 Å². The molecule has 1 heterocycles. The highest BCUT2D eigenvalue weighted by Crippen LogP contribution is 2.29. The molecule has 188 valence electrons. The van der Waals surface area contributed by atoms with Gasteiger partial charge in [-0.3, -0.25) is 0 Å². The van der Waals surface area contributed by atoms with Crippen LogP contribution in [0.25, 0.3) is 0 Å². The predicted octanol–water partition coefficient (Wildman–Crippen LogP) is 0.997. The number of aliphatic hydroxyl groups excluding tert-OH is 4. The molecule has 10 heteroatoms. The van der Waals surface area contributed by atoms with Gasteiger partial charge in [-0.1, -0.05) is 18.6 Å². The molecule has 0 saturated carbocycles. The second-order valence-electron chi connectivity index (χ2n) is 8.56. The topological polar surface area (TPSA) is 180 Å². The number of aromatic hydroxyl groups is 4. The highest BCUT2D eigenvalue weighted by molar-refractivity contribution is 5.41. The number of phenols is 4. The van der Waals surface area contributed by atoms with Gasteiger partial charge in [0.2, 0.25) is 0 Å². The van der Waals surface area contributed by atoms with Crippen LogP contribution in [0.4, 0.5) is 0 Å². The minimum Gasteiger partial charge on any atom is -0.504 e. The Morgan fingerprint density at radius 1 is 0.676 bits per heavy atom. The molecule has 2 aromatic rings. The fourth-order valence-electron chi connectivity index (χ4n) is 3.89. The minimum absolute atomic E-state index is 0.182. The molecule has 0 unspecified atom stereocenters. The fraction of sp³-hybridized carbons (Fsp3) is 0.500. The van der Waals surface area contributed by atoms with Gasteiger partial charge in [0.05, 0.1) is 6.10 Å². The average molecular weight is 481 g/mol. The lowest BCUT2D eigenvalue weighted by Gasteiger charge is -2.39. The second-order valence-corrected chi connectivity index (χ2v) is 8.56. The number of phenolic OH excluding ortho intramolecular Hbond substituents is 4. The third-order valence-electron chi connectivity index (χ3n) is 5.95. The third kappa shape index (κ3) is 6.72. The largest absolute Gasteiger partial charge is 0.504 e. The van der Waals surface area contributed by atoms with Crippen molar-refractivity contribution in [1.82, 2.24) is 0 Å². The Labute approximate surface area is 196 Å². The van der Waals surface area contributed by atoms with Crippen molar-refractivity contribution in [2.24, 2.45) is 0 Å². The van der Waals surface area contributed by atoms with Gasteiger partial charge in [-0.05, 0) is 67.5 Å². The van der Waals surface area contributed by atoms with Crippen molar-refractivity contribution < 1.29 is 50.3 Å². The Bertz CT molecular complexity index is 936. The van der Waals surface area contributed by atoms with Crippen molar-refractivity contribution in [3.63, 3.8) is 0 Å². The van der Waals surface area contributed by atoms with Crippen molar-refractivity contribution in [1.29, 1.82) is 0 Å². The van der Waals surface area contributed by atoms with Crippen LogP contribution >= 0.6 is 0 Å². The average Bonchev–Trinajstić information content (AvgIpc) is 2.81. The lowest BCUT2D eigenvalue weighted by Crippen LogP contribution is -2.58. The van der Waals surface area contributed by atoms with Gasteiger partial charge in [0.25, 0.3) is 0 Å². The maximum absolute atomic E-state index is 10.2. The van der Waals surface area contributed by atoms with Gasteiger partial charge in [0.1, 0.15) is 18.3 Å². The van der Waals surface area contributed by atoms with Crippen LogP contribution in [-0.4, -0.2) is 77.8 Å². The molecular weight excluding hydrogens is 448 g/mol. The van der Waals surface area contributed by atoms with E-state index in [1.807, 2.05) is 0 Å². The monoisotopic (exact) mass is 480 g/mol. The van der Waals surface area contributed by atoms with E-state index in [-0.39, 0.29) is 23.0 Å². The number of hydrogen-bond acceptors (Lipinski definition) is 10. The summed E-state index contributed by atoms with van der Waals surface area (Å²) in [4.78, 5) is 0. The lowest BCUT2D eigenvalue weighted by atomic mass is 9.99. The summed E-state index contributed by atoms with van der Waals surface area (Å²) in [7, 11) is 0. The summed E-state index contributed by atoms with van der Waals surface area (Å²) in [6, 6.07) is 9.15. The highest BCUT2D eigenvalue weighted by Gasteiger charge is 2.44. The first-order valence-corrected chi connectivity index (χ1v) is 11.2. The summed E-state index contributed by atoms with van der Waals surface area (Å²) in [5, 5.41) is 77.9. The van der Waals surface area contributed by atoms with Crippen LogP contribution in [0.15, 0.2) is 36.4 Å². The molecule has 8 N–H and O–H groups in total. The fourth-order valence-corrected chi connectivity index (χ4v) is 3.89. The SMILES string of the molecule is Oc1ccc(CCCC[C@H](CCc2ccc(O)c(O)c2)O[C@H]2O[C@@H](O)[C@H](O)[C@@H](O)[C@@H]2O)cc1O. The smallest absolute Gasteiger partial charge is 0.189 e. The van der Waals surface area contributed by atoms with Crippen molar-refractivity contribution in [2.75, 3.05) is 0 Å². The number of hydrogen-bond donors (Lipinski definition) is 8. The Morgan fingerprint density at radius 3 is 1.85 bits per heavy atom. The minimum atomic E-state index is -1.71. The molecule has 34 heavy (non-hydrogen) atoms. The zero-order valence-corrected chi connectivity index (χ0v) is 18.6. The molecule has 0 aromatic heterocycles. The first-order valence-electron chi connectivity index (χ1n) is 11.2. The van der Waals surface area contributed by atoms with Crippen LogP contribution in [0, 0.1) is 0 Å². The van der Waals surface area contributed by atoms with Crippen LogP contribution in [0.3, 0.4) is 0 Å². The molecular formula is C24H32O10. The first kappa shape index (κ1) is 26.0. The predicted molar refractivity (Wildman–Crippen MR) is 119 cm³/mol. The van der Waals surface area contributed by atoms with Crippen LogP contribution in [0.2, 0.25) is 0 Å². The van der Waals surface area contributed by atoms with Gasteiger partial charge >= 0.3 is 0 Å². The molecule has 0 spiro atoms. The van der Waals surface area contributed by atoms with E-state index in [1.165, 1.54) is 24.3 Å². The zero-order chi connectivity index (χ0) is 24.8. The quantitative estimate of drug-likeness (QED) is 0.180. The molecule has 1 aliphatic rings. The summed E-state index contributed by atoms with van der Waals surface area (Å²) in [6.45, 7) is 0. The molecule has 0 bridgehead atoms. The lowest BCUT2D eigenvalue weighted by molar-refractivity contribution is -0.348. The molecule has 10 nitrogen and oxygen atoms in total. The van der Waals surface area contributed by atoms with Crippen LogP contribution in [0.1, 0.15) is 36.8 Å². The summed E-state index contributed by atoms with van der Waals surface area (Å²) in [5.74, 6) is -0.827. The standard InChI is InChI=1S/C24H32O10/c25-16-9-6-13(11-18(16)27)3-1-2-4-15(8-5-14-7-10-17(26)19(28)12-14)33-24-22(31)20(29)21(30)23(32)34-24/h6-7,9-12,15,20-32H,1-5,8H2/t15-,20-,21-,22+,23-,24+/m1/s1. The Balaban J connectivity index is 1.60. The zero-order valence-electron chi connectivity index (χ0n) is 18.6. The molecule has 0 radical (unpaired) electrons. The van der Waals surface area contributed by atoms with Crippen molar-refractivity contribution in [3.8, 4) is 23.0 Å². The van der Waals surface area contributed by atoms with E-state index >= 15 is 0 Å². The van der Waals surface area contributed by atoms with Gasteiger partial charge in [-0.15, -0.1) is 0 Å². The second kappa shape index (κ2) is 11.7. The number of aliphatic hydroxyl groups is 4. The van der Waals surface area contributed by atoms with Gasteiger partial charge in [0.15, 0.2) is 35.6 Å². The maximum atomic E-state index is 10.2. The maximum Gasteiger partial charge on any atom is 0.189 e.